The number of hydrogen-bond donors (Lipinski definition) is 2. The average Bonchev–Trinajstić information content (AvgIpc) is 3.45. The molecule has 6 rings (SSSR count). The Kier molecular flexibility index (Phi) is 7.89. The zero-order valence-corrected chi connectivity index (χ0v) is 26.1. The van der Waals surface area contributed by atoms with E-state index in [0.717, 1.165) is 101 Å². The maximum absolute atomic E-state index is 13.8. The number of fused-ring (bicyclic) bond motifs is 2. The largest absolute Gasteiger partial charge is 0.354 e. The summed E-state index contributed by atoms with van der Waals surface area (Å²) >= 11 is 1.69. The molecule has 1 aliphatic carbocycles. The first-order chi connectivity index (χ1) is 20.2. The van der Waals surface area contributed by atoms with E-state index in [2.05, 4.69) is 53.1 Å². The van der Waals surface area contributed by atoms with Gasteiger partial charge in [-0.05, 0) is 81.5 Å². The van der Waals surface area contributed by atoms with Gasteiger partial charge in [0.05, 0.1) is 15.2 Å². The lowest BCUT2D eigenvalue weighted by molar-refractivity contribution is 0.0950. The number of rotatable bonds is 6. The minimum Gasteiger partial charge on any atom is -0.354 e. The second-order valence-corrected chi connectivity index (χ2v) is 13.1. The lowest BCUT2D eigenvalue weighted by Crippen LogP contribution is -2.44. The molecule has 1 saturated heterocycles. The molecule has 0 unspecified atom stereocenters. The number of carbonyl (C=O) groups excluding carboxylic acids is 1. The summed E-state index contributed by atoms with van der Waals surface area (Å²) in [5.41, 5.74) is 8.12. The number of benzene rings is 1. The third-order valence-electron chi connectivity index (χ3n) is 8.85. The first-order valence-corrected chi connectivity index (χ1v) is 15.9. The van der Waals surface area contributed by atoms with Crippen LogP contribution in [0.25, 0.3) is 21.3 Å². The fourth-order valence-corrected chi connectivity index (χ4v) is 7.41. The predicted octanol–water partition coefficient (Wildman–Crippen LogP) is 5.35. The number of anilines is 1. The molecule has 4 aromatic rings. The monoisotopic (exact) mass is 584 g/mol. The lowest BCUT2D eigenvalue weighted by atomic mass is 9.88. The molecular weight excluding hydrogens is 544 g/mol. The summed E-state index contributed by atoms with van der Waals surface area (Å²) in [5, 5.41) is 4.13. The highest BCUT2D eigenvalue weighted by Gasteiger charge is 2.23. The van der Waals surface area contributed by atoms with Crippen molar-refractivity contribution in [2.45, 2.75) is 65.8 Å². The summed E-state index contributed by atoms with van der Waals surface area (Å²) in [6.45, 7) is 12.4. The van der Waals surface area contributed by atoms with Crippen molar-refractivity contribution in [1.29, 1.82) is 0 Å². The van der Waals surface area contributed by atoms with Gasteiger partial charge in [0.2, 0.25) is 0 Å². The smallest absolute Gasteiger partial charge is 0.253 e. The molecule has 1 fully saturated rings. The second kappa shape index (κ2) is 11.6. The van der Waals surface area contributed by atoms with Crippen LogP contribution < -0.4 is 15.8 Å². The standard InChI is InChI=1S/C33H40N6O2S/c1-19(2)33-37-29-20(3)25(31(40)35-18-27-24-9-7-6-8-23(24)21(4)36-32(27)41)16-26(30(29)42-33)22-10-11-28(34-17-22)39-14-12-38(5)13-15-39/h10-11,16-17,19H,6-9,12-15,18H2,1-5H3,(H,35,40)(H,36,41). The molecule has 1 amide bonds. The number of pyridine rings is 2. The van der Waals surface area contributed by atoms with E-state index in [0.29, 0.717) is 11.1 Å². The second-order valence-electron chi connectivity index (χ2n) is 12.1. The highest BCUT2D eigenvalue weighted by Crippen LogP contribution is 2.39. The van der Waals surface area contributed by atoms with Gasteiger partial charge in [0.25, 0.3) is 11.5 Å². The Bertz CT molecular complexity index is 1700. The Labute approximate surface area is 251 Å². The van der Waals surface area contributed by atoms with E-state index in [1.807, 2.05) is 26.1 Å². The fraction of sp³-hybridized carbons (Fsp3) is 0.455. The third kappa shape index (κ3) is 5.36. The summed E-state index contributed by atoms with van der Waals surface area (Å²) < 4.78 is 1.07. The van der Waals surface area contributed by atoms with Crippen LogP contribution in [0.3, 0.4) is 0 Å². The Morgan fingerprint density at radius 2 is 1.83 bits per heavy atom. The van der Waals surface area contributed by atoms with Crippen LogP contribution in [0.2, 0.25) is 0 Å². The molecule has 0 atom stereocenters. The van der Waals surface area contributed by atoms with Gasteiger partial charge >= 0.3 is 0 Å². The molecule has 2 N–H and O–H groups in total. The molecule has 0 radical (unpaired) electrons. The number of aromatic nitrogens is 3. The number of likely N-dealkylation sites (N-methyl/N-ethyl adjacent to an activating group) is 1. The van der Waals surface area contributed by atoms with Crippen LogP contribution in [-0.2, 0) is 19.4 Å². The van der Waals surface area contributed by atoms with Gasteiger partial charge in [0.1, 0.15) is 5.82 Å². The Morgan fingerprint density at radius 1 is 1.10 bits per heavy atom. The van der Waals surface area contributed by atoms with Crippen LogP contribution in [0.15, 0.2) is 29.2 Å². The number of aryl methyl sites for hydroxylation is 2. The number of piperazine rings is 1. The number of carbonyl (C=O) groups is 1. The number of nitrogens with one attached hydrogen (secondary N) is 2. The topological polar surface area (TPSA) is 94.2 Å². The predicted molar refractivity (Wildman–Crippen MR) is 171 cm³/mol. The van der Waals surface area contributed by atoms with Gasteiger partial charge in [-0.15, -0.1) is 11.3 Å². The third-order valence-corrected chi connectivity index (χ3v) is 10.2. The van der Waals surface area contributed by atoms with Crippen molar-refractivity contribution in [3.8, 4) is 11.1 Å². The average molecular weight is 585 g/mol. The lowest BCUT2D eigenvalue weighted by Gasteiger charge is -2.33. The van der Waals surface area contributed by atoms with Gasteiger partial charge in [0, 0.05) is 72.8 Å². The molecule has 2 aliphatic rings. The maximum Gasteiger partial charge on any atom is 0.253 e. The van der Waals surface area contributed by atoms with Gasteiger partial charge in [-0.3, -0.25) is 9.59 Å². The summed E-state index contributed by atoms with van der Waals surface area (Å²) in [7, 11) is 2.15. The van der Waals surface area contributed by atoms with Crippen LogP contribution in [0, 0.1) is 13.8 Å². The van der Waals surface area contributed by atoms with Crippen molar-refractivity contribution in [1.82, 2.24) is 25.2 Å². The molecule has 0 saturated carbocycles. The highest BCUT2D eigenvalue weighted by molar-refractivity contribution is 7.19. The highest BCUT2D eigenvalue weighted by atomic mass is 32.1. The number of aromatic amines is 1. The molecule has 42 heavy (non-hydrogen) atoms. The van der Waals surface area contributed by atoms with Crippen LogP contribution in [0.4, 0.5) is 5.82 Å². The van der Waals surface area contributed by atoms with Gasteiger partial charge in [0.15, 0.2) is 0 Å². The Balaban J connectivity index is 1.35. The minimum atomic E-state index is -0.193. The molecular formula is C33H40N6O2S. The van der Waals surface area contributed by atoms with E-state index in [-0.39, 0.29) is 23.9 Å². The number of H-pyrrole nitrogens is 1. The van der Waals surface area contributed by atoms with Gasteiger partial charge < -0.3 is 20.1 Å². The summed E-state index contributed by atoms with van der Waals surface area (Å²) in [6.07, 6.45) is 5.98. The summed E-state index contributed by atoms with van der Waals surface area (Å²) in [4.78, 5) is 44.2. The molecule has 220 valence electrons. The van der Waals surface area contributed by atoms with Gasteiger partial charge in [-0.25, -0.2) is 9.97 Å². The molecule has 9 heteroatoms. The van der Waals surface area contributed by atoms with Crippen molar-refractivity contribution in [2.75, 3.05) is 38.1 Å². The van der Waals surface area contributed by atoms with E-state index in [9.17, 15) is 9.59 Å². The number of nitrogens with zero attached hydrogens (tertiary/aromatic N) is 4. The van der Waals surface area contributed by atoms with E-state index in [1.165, 1.54) is 5.56 Å². The molecule has 0 spiro atoms. The van der Waals surface area contributed by atoms with Crippen LogP contribution >= 0.6 is 11.3 Å². The minimum absolute atomic E-state index is 0.103. The van der Waals surface area contributed by atoms with Crippen molar-refractivity contribution < 1.29 is 4.79 Å². The number of hydrogen-bond acceptors (Lipinski definition) is 7. The van der Waals surface area contributed by atoms with Crippen LogP contribution in [-0.4, -0.2) is 59.0 Å². The maximum atomic E-state index is 13.8. The molecule has 1 aliphatic heterocycles. The number of amides is 1. The van der Waals surface area contributed by atoms with Gasteiger partial charge in [-0.1, -0.05) is 13.8 Å². The summed E-state index contributed by atoms with van der Waals surface area (Å²) in [6, 6.07) is 6.18. The number of thiazole rings is 1. The van der Waals surface area contributed by atoms with Crippen molar-refractivity contribution >= 4 is 33.3 Å². The van der Waals surface area contributed by atoms with Crippen molar-refractivity contribution in [2.24, 2.45) is 0 Å². The zero-order valence-electron chi connectivity index (χ0n) is 25.3. The molecule has 3 aromatic heterocycles. The molecule has 0 bridgehead atoms. The molecule has 4 heterocycles. The van der Waals surface area contributed by atoms with Crippen LogP contribution in [0.1, 0.15) is 75.9 Å². The Hall–Kier alpha value is -3.56. The van der Waals surface area contributed by atoms with E-state index >= 15 is 0 Å². The van der Waals surface area contributed by atoms with Crippen molar-refractivity contribution in [3.63, 3.8) is 0 Å². The fourth-order valence-electron chi connectivity index (χ4n) is 6.25. The quantitative estimate of drug-likeness (QED) is 0.318. The van der Waals surface area contributed by atoms with E-state index < -0.39 is 0 Å². The first kappa shape index (κ1) is 28.6. The first-order valence-electron chi connectivity index (χ1n) is 15.1. The zero-order chi connectivity index (χ0) is 29.5. The van der Waals surface area contributed by atoms with E-state index in [1.54, 1.807) is 11.3 Å². The van der Waals surface area contributed by atoms with Gasteiger partial charge in [-0.2, -0.15) is 0 Å². The normalized spacial score (nSPS) is 15.8. The van der Waals surface area contributed by atoms with E-state index in [4.69, 9.17) is 9.97 Å². The van der Waals surface area contributed by atoms with Crippen LogP contribution in [0.5, 0.6) is 0 Å². The summed E-state index contributed by atoms with van der Waals surface area (Å²) in [5.74, 6) is 1.07. The van der Waals surface area contributed by atoms with Crippen molar-refractivity contribution in [3.05, 3.63) is 73.3 Å². The molecule has 8 nitrogen and oxygen atoms in total. The molecule has 1 aromatic carbocycles. The SMILES string of the molecule is Cc1[nH]c(=O)c(CNC(=O)c2cc(-c3ccc(N4CCN(C)CC4)nc3)c3sc(C(C)C)nc3c2C)c2c1CCCC2. The Morgan fingerprint density at radius 3 is 2.52 bits per heavy atom.